The van der Waals surface area contributed by atoms with Gasteiger partial charge in [-0.25, -0.2) is 9.78 Å². The number of nitrogens with one attached hydrogen (secondary N) is 1. The summed E-state index contributed by atoms with van der Waals surface area (Å²) < 4.78 is 5.94. The van der Waals surface area contributed by atoms with Crippen LogP contribution in [0.3, 0.4) is 0 Å². The molecule has 1 heterocycles. The number of amides is 1. The first-order valence-corrected chi connectivity index (χ1v) is 6.72. The van der Waals surface area contributed by atoms with Gasteiger partial charge in [-0.15, -0.1) is 11.3 Å². The molecule has 0 saturated carbocycles. The number of alkyl carbamates (subject to hydrolysis) is 1. The average Bonchev–Trinajstić information content (AvgIpc) is 2.56. The number of ether oxygens (including phenoxy) is 1. The van der Waals surface area contributed by atoms with Crippen molar-refractivity contribution < 1.29 is 9.53 Å². The van der Waals surface area contributed by atoms with Crippen LogP contribution in [0.15, 0.2) is 16.2 Å². The molecule has 94 valence electrons. The van der Waals surface area contributed by atoms with Crippen LogP contribution in [0.2, 0.25) is 0 Å². The molecule has 0 fully saturated rings. The number of carbonyl (C=O) groups excluding carboxylic acids is 1. The van der Waals surface area contributed by atoms with Gasteiger partial charge in [0.25, 0.3) is 0 Å². The minimum absolute atomic E-state index is 0.410. The van der Waals surface area contributed by atoms with Crippen molar-refractivity contribution >= 4 is 39.4 Å². The monoisotopic (exact) mass is 318 g/mol. The summed E-state index contributed by atoms with van der Waals surface area (Å²) in [6.45, 7) is 5.93. The maximum Gasteiger partial charge on any atom is 0.407 e. The number of thiazole rings is 1. The van der Waals surface area contributed by atoms with E-state index in [4.69, 9.17) is 4.74 Å². The standard InChI is InChI=1S/C11H15BrN2O2S/c1-11(2,3)16-10(15)13-6-4-5-8-7-14-9(12)17-8/h4-5,7H,6H2,1-3H3,(H,13,15)/b5-4+. The number of hydrogen-bond acceptors (Lipinski definition) is 4. The summed E-state index contributed by atoms with van der Waals surface area (Å²) in [7, 11) is 0. The van der Waals surface area contributed by atoms with Crippen molar-refractivity contribution in [2.24, 2.45) is 0 Å². The first-order chi connectivity index (χ1) is 7.87. The molecule has 0 saturated heterocycles. The molecule has 1 N–H and O–H groups in total. The molecule has 0 aromatic carbocycles. The molecule has 0 aliphatic heterocycles. The Morgan fingerprint density at radius 1 is 1.65 bits per heavy atom. The molecule has 0 atom stereocenters. The fourth-order valence-corrected chi connectivity index (χ4v) is 2.21. The first-order valence-electron chi connectivity index (χ1n) is 5.11. The summed E-state index contributed by atoms with van der Waals surface area (Å²) in [6, 6.07) is 0. The summed E-state index contributed by atoms with van der Waals surface area (Å²) in [5.41, 5.74) is -0.462. The van der Waals surface area contributed by atoms with E-state index in [2.05, 4.69) is 26.2 Å². The Morgan fingerprint density at radius 3 is 2.88 bits per heavy atom. The summed E-state index contributed by atoms with van der Waals surface area (Å²) in [5, 5.41) is 2.64. The number of hydrogen-bond donors (Lipinski definition) is 1. The van der Waals surface area contributed by atoms with Gasteiger partial charge >= 0.3 is 6.09 Å². The molecule has 0 radical (unpaired) electrons. The van der Waals surface area contributed by atoms with E-state index in [1.54, 1.807) is 6.20 Å². The molecule has 4 nitrogen and oxygen atoms in total. The van der Waals surface area contributed by atoms with Crippen LogP contribution in [-0.4, -0.2) is 23.2 Å². The van der Waals surface area contributed by atoms with Crippen LogP contribution >= 0.6 is 27.3 Å². The minimum atomic E-state index is -0.462. The fraction of sp³-hybridized carbons (Fsp3) is 0.455. The molecular weight excluding hydrogens is 304 g/mol. The highest BCUT2D eigenvalue weighted by Crippen LogP contribution is 2.19. The Morgan fingerprint density at radius 2 is 2.35 bits per heavy atom. The highest BCUT2D eigenvalue weighted by atomic mass is 79.9. The summed E-state index contributed by atoms with van der Waals surface area (Å²) in [4.78, 5) is 16.4. The van der Waals surface area contributed by atoms with Gasteiger partial charge in [0.2, 0.25) is 0 Å². The Labute approximate surface area is 113 Å². The topological polar surface area (TPSA) is 51.2 Å². The van der Waals surface area contributed by atoms with Crippen molar-refractivity contribution in [1.82, 2.24) is 10.3 Å². The van der Waals surface area contributed by atoms with E-state index >= 15 is 0 Å². The predicted octanol–water partition coefficient (Wildman–Crippen LogP) is 3.44. The van der Waals surface area contributed by atoms with Gasteiger partial charge in [-0.2, -0.15) is 0 Å². The van der Waals surface area contributed by atoms with Crippen molar-refractivity contribution in [3.8, 4) is 0 Å². The van der Waals surface area contributed by atoms with Crippen molar-refractivity contribution in [2.75, 3.05) is 6.54 Å². The van der Waals surface area contributed by atoms with Crippen LogP contribution in [0.1, 0.15) is 25.6 Å². The fourth-order valence-electron chi connectivity index (χ4n) is 0.973. The molecular formula is C11H15BrN2O2S. The normalized spacial score (nSPS) is 11.8. The van der Waals surface area contributed by atoms with E-state index < -0.39 is 11.7 Å². The molecule has 6 heteroatoms. The third-order valence-corrected chi connectivity index (χ3v) is 2.98. The molecule has 0 spiro atoms. The Hall–Kier alpha value is -0.880. The lowest BCUT2D eigenvalue weighted by molar-refractivity contribution is 0.0534. The lowest BCUT2D eigenvalue weighted by Crippen LogP contribution is -2.32. The van der Waals surface area contributed by atoms with Gasteiger partial charge in [0.15, 0.2) is 3.92 Å². The highest BCUT2D eigenvalue weighted by Gasteiger charge is 2.14. The van der Waals surface area contributed by atoms with Crippen LogP contribution in [0.5, 0.6) is 0 Å². The lowest BCUT2D eigenvalue weighted by atomic mass is 10.2. The van der Waals surface area contributed by atoms with E-state index in [-0.39, 0.29) is 0 Å². The van der Waals surface area contributed by atoms with E-state index in [0.29, 0.717) is 6.54 Å². The minimum Gasteiger partial charge on any atom is -0.444 e. The van der Waals surface area contributed by atoms with E-state index in [1.165, 1.54) is 11.3 Å². The second-order valence-electron chi connectivity index (χ2n) is 4.30. The van der Waals surface area contributed by atoms with Gasteiger partial charge in [0, 0.05) is 17.6 Å². The number of carbonyl (C=O) groups is 1. The van der Waals surface area contributed by atoms with Gasteiger partial charge in [0.1, 0.15) is 5.60 Å². The molecule has 1 aromatic heterocycles. The van der Waals surface area contributed by atoms with Crippen molar-refractivity contribution in [2.45, 2.75) is 26.4 Å². The quantitative estimate of drug-likeness (QED) is 0.928. The zero-order valence-electron chi connectivity index (χ0n) is 9.99. The van der Waals surface area contributed by atoms with Crippen LogP contribution in [0.4, 0.5) is 4.79 Å². The number of halogens is 1. The summed E-state index contributed by atoms with van der Waals surface area (Å²) in [5.74, 6) is 0. The smallest absolute Gasteiger partial charge is 0.407 e. The van der Waals surface area contributed by atoms with Crippen LogP contribution in [-0.2, 0) is 4.74 Å². The maximum absolute atomic E-state index is 11.3. The molecule has 0 bridgehead atoms. The number of aromatic nitrogens is 1. The highest BCUT2D eigenvalue weighted by molar-refractivity contribution is 9.11. The van der Waals surface area contributed by atoms with Gasteiger partial charge in [-0.05, 0) is 42.8 Å². The van der Waals surface area contributed by atoms with Crippen molar-refractivity contribution in [1.29, 1.82) is 0 Å². The maximum atomic E-state index is 11.3. The Balaban J connectivity index is 2.28. The second kappa shape index (κ2) is 6.16. The van der Waals surface area contributed by atoms with Crippen LogP contribution in [0, 0.1) is 0 Å². The predicted molar refractivity (Wildman–Crippen MR) is 73.1 cm³/mol. The van der Waals surface area contributed by atoms with E-state index in [9.17, 15) is 4.79 Å². The summed E-state index contributed by atoms with van der Waals surface area (Å²) >= 11 is 4.81. The van der Waals surface area contributed by atoms with Gasteiger partial charge in [-0.3, -0.25) is 0 Å². The average molecular weight is 319 g/mol. The van der Waals surface area contributed by atoms with Crippen molar-refractivity contribution in [3.63, 3.8) is 0 Å². The molecule has 1 rings (SSSR count). The molecule has 0 aliphatic rings. The number of rotatable bonds is 3. The molecule has 1 aromatic rings. The lowest BCUT2D eigenvalue weighted by Gasteiger charge is -2.19. The van der Waals surface area contributed by atoms with Crippen molar-refractivity contribution in [3.05, 3.63) is 21.1 Å². The second-order valence-corrected chi connectivity index (χ2v) is 6.64. The Bertz CT molecular complexity index is 410. The van der Waals surface area contributed by atoms with E-state index in [1.807, 2.05) is 32.9 Å². The summed E-state index contributed by atoms with van der Waals surface area (Å²) in [6.07, 6.45) is 5.11. The number of nitrogens with zero attached hydrogens (tertiary/aromatic N) is 1. The molecule has 1 amide bonds. The van der Waals surface area contributed by atoms with Gasteiger partial charge in [0.05, 0.1) is 0 Å². The third-order valence-electron chi connectivity index (χ3n) is 1.54. The van der Waals surface area contributed by atoms with E-state index in [0.717, 1.165) is 8.79 Å². The Kier molecular flexibility index (Phi) is 5.14. The largest absolute Gasteiger partial charge is 0.444 e. The SMILES string of the molecule is CC(C)(C)OC(=O)NC/C=C/c1cnc(Br)s1. The van der Waals surface area contributed by atoms with Crippen LogP contribution in [0.25, 0.3) is 6.08 Å². The molecule has 0 aliphatic carbocycles. The zero-order valence-corrected chi connectivity index (χ0v) is 12.4. The molecule has 0 unspecified atom stereocenters. The first kappa shape index (κ1) is 14.2. The van der Waals surface area contributed by atoms with Gasteiger partial charge in [-0.1, -0.05) is 6.08 Å². The van der Waals surface area contributed by atoms with Crippen LogP contribution < -0.4 is 5.32 Å². The zero-order chi connectivity index (χ0) is 12.9. The third kappa shape index (κ3) is 6.43. The molecule has 17 heavy (non-hydrogen) atoms. The van der Waals surface area contributed by atoms with Gasteiger partial charge < -0.3 is 10.1 Å².